The molecule has 0 aliphatic heterocycles. The van der Waals surface area contributed by atoms with Gasteiger partial charge in [0.2, 0.25) is 0 Å². The van der Waals surface area contributed by atoms with Gasteiger partial charge in [-0.3, -0.25) is 4.79 Å². The van der Waals surface area contributed by atoms with Gasteiger partial charge >= 0.3 is 0 Å². The fourth-order valence-corrected chi connectivity index (χ4v) is 3.13. The number of carbonyl (C=O) groups is 1. The van der Waals surface area contributed by atoms with Crippen LogP contribution in [-0.4, -0.2) is 5.91 Å². The number of nitrogens with one attached hydrogen (secondary N) is 1. The number of rotatable bonds is 2. The molecule has 0 aliphatic rings. The number of hydrogen-bond donors (Lipinski definition) is 1. The molecule has 1 aromatic carbocycles. The molecule has 2 nitrogen and oxygen atoms in total. The van der Waals surface area contributed by atoms with E-state index < -0.39 is 0 Å². The highest BCUT2D eigenvalue weighted by atomic mass is 79.9. The summed E-state index contributed by atoms with van der Waals surface area (Å²) in [6.07, 6.45) is 0. The molecule has 0 unspecified atom stereocenters. The summed E-state index contributed by atoms with van der Waals surface area (Å²) < 4.78 is 0.796. The Hall–Kier alpha value is -0.840. The van der Waals surface area contributed by atoms with Crippen LogP contribution in [0.5, 0.6) is 0 Å². The Balaban J connectivity index is 2.28. The van der Waals surface area contributed by atoms with E-state index in [2.05, 4.69) is 21.2 Å². The van der Waals surface area contributed by atoms with Crippen molar-refractivity contribution in [2.24, 2.45) is 0 Å². The van der Waals surface area contributed by atoms with Gasteiger partial charge in [-0.25, -0.2) is 0 Å². The molecule has 1 heterocycles. The Bertz CT molecular complexity index is 547. The smallest absolute Gasteiger partial charge is 0.266 e. The first kappa shape index (κ1) is 12.6. The van der Waals surface area contributed by atoms with E-state index in [1.807, 2.05) is 30.5 Å². The van der Waals surface area contributed by atoms with E-state index in [9.17, 15) is 4.79 Å². The third kappa shape index (κ3) is 2.70. The Kier molecular flexibility index (Phi) is 3.86. The van der Waals surface area contributed by atoms with Crippen LogP contribution < -0.4 is 5.32 Å². The van der Waals surface area contributed by atoms with Gasteiger partial charge in [0.25, 0.3) is 5.91 Å². The van der Waals surface area contributed by atoms with Crippen LogP contribution in [0, 0.1) is 6.92 Å². The van der Waals surface area contributed by atoms with Crippen molar-refractivity contribution in [3.8, 4) is 0 Å². The lowest BCUT2D eigenvalue weighted by Crippen LogP contribution is -2.12. The Morgan fingerprint density at radius 2 is 2.18 bits per heavy atom. The predicted molar refractivity (Wildman–Crippen MR) is 76.2 cm³/mol. The van der Waals surface area contributed by atoms with Crippen LogP contribution in [0.2, 0.25) is 5.02 Å². The summed E-state index contributed by atoms with van der Waals surface area (Å²) in [6.45, 7) is 1.91. The fourth-order valence-electron chi connectivity index (χ4n) is 1.42. The lowest BCUT2D eigenvalue weighted by Gasteiger charge is -2.09. The van der Waals surface area contributed by atoms with Crippen molar-refractivity contribution in [3.63, 3.8) is 0 Å². The minimum Gasteiger partial charge on any atom is -0.320 e. The molecule has 0 spiro atoms. The number of para-hydroxylation sites is 1. The van der Waals surface area contributed by atoms with Crippen molar-refractivity contribution >= 4 is 50.5 Å². The number of anilines is 1. The molecule has 5 heteroatoms. The molecule has 88 valence electrons. The van der Waals surface area contributed by atoms with Gasteiger partial charge in [-0.05, 0) is 45.9 Å². The monoisotopic (exact) mass is 329 g/mol. The Morgan fingerprint density at radius 3 is 2.76 bits per heavy atom. The van der Waals surface area contributed by atoms with Crippen molar-refractivity contribution in [3.05, 3.63) is 49.6 Å². The van der Waals surface area contributed by atoms with Crippen molar-refractivity contribution in [2.75, 3.05) is 5.32 Å². The molecule has 0 saturated heterocycles. The molecule has 0 fully saturated rings. The molecule has 0 aliphatic carbocycles. The first-order chi connectivity index (χ1) is 8.09. The number of thiophene rings is 1. The summed E-state index contributed by atoms with van der Waals surface area (Å²) in [6, 6.07) is 7.37. The lowest BCUT2D eigenvalue weighted by atomic mass is 10.2. The fraction of sp³-hybridized carbons (Fsp3) is 0.0833. The Morgan fingerprint density at radius 1 is 1.41 bits per heavy atom. The maximum Gasteiger partial charge on any atom is 0.266 e. The molecular formula is C12H9BrClNOS. The number of aryl methyl sites for hydroxylation is 1. The van der Waals surface area contributed by atoms with E-state index in [1.165, 1.54) is 11.3 Å². The van der Waals surface area contributed by atoms with Gasteiger partial charge in [-0.2, -0.15) is 0 Å². The minimum absolute atomic E-state index is 0.150. The van der Waals surface area contributed by atoms with Crippen molar-refractivity contribution < 1.29 is 4.79 Å². The number of carbonyl (C=O) groups excluding carboxylic acids is 1. The second-order valence-corrected chi connectivity index (χ2v) is 5.66. The average molecular weight is 331 g/mol. The zero-order valence-corrected chi connectivity index (χ0v) is 12.1. The SMILES string of the molecule is Cc1cccc(Cl)c1NC(=O)c1sccc1Br. The predicted octanol–water partition coefficient (Wildman–Crippen LogP) is 4.72. The van der Waals surface area contributed by atoms with Gasteiger partial charge in [0.1, 0.15) is 4.88 Å². The summed E-state index contributed by atoms with van der Waals surface area (Å²) in [5, 5.41) is 5.24. The molecule has 1 amide bonds. The number of halogens is 2. The van der Waals surface area contributed by atoms with Crippen molar-refractivity contribution in [2.45, 2.75) is 6.92 Å². The first-order valence-corrected chi connectivity index (χ1v) is 6.94. The average Bonchev–Trinajstić information content (AvgIpc) is 2.70. The first-order valence-electron chi connectivity index (χ1n) is 4.89. The van der Waals surface area contributed by atoms with E-state index in [1.54, 1.807) is 6.07 Å². The highest BCUT2D eigenvalue weighted by Gasteiger charge is 2.14. The molecule has 0 radical (unpaired) electrons. The van der Waals surface area contributed by atoms with E-state index in [0.717, 1.165) is 10.0 Å². The maximum absolute atomic E-state index is 12.0. The second kappa shape index (κ2) is 5.21. The lowest BCUT2D eigenvalue weighted by molar-refractivity contribution is 0.103. The summed E-state index contributed by atoms with van der Waals surface area (Å²) in [5.41, 5.74) is 1.61. The zero-order chi connectivity index (χ0) is 12.4. The maximum atomic E-state index is 12.0. The van der Waals surface area contributed by atoms with Gasteiger partial charge in [0.15, 0.2) is 0 Å². The van der Waals surface area contributed by atoms with Gasteiger partial charge in [-0.1, -0.05) is 23.7 Å². The van der Waals surface area contributed by atoms with Crippen LogP contribution in [0.15, 0.2) is 34.1 Å². The summed E-state index contributed by atoms with van der Waals surface area (Å²) >= 11 is 10.8. The zero-order valence-electron chi connectivity index (χ0n) is 8.96. The molecule has 0 saturated carbocycles. The van der Waals surface area contributed by atoms with E-state index in [4.69, 9.17) is 11.6 Å². The quantitative estimate of drug-likeness (QED) is 0.847. The van der Waals surface area contributed by atoms with Gasteiger partial charge < -0.3 is 5.32 Å². The van der Waals surface area contributed by atoms with Crippen molar-refractivity contribution in [1.82, 2.24) is 0 Å². The topological polar surface area (TPSA) is 29.1 Å². The Labute approximate surface area is 117 Å². The molecule has 0 atom stereocenters. The summed E-state index contributed by atoms with van der Waals surface area (Å²) in [4.78, 5) is 12.7. The standard InChI is InChI=1S/C12H9BrClNOS/c1-7-3-2-4-9(14)10(7)15-12(16)11-8(13)5-6-17-11/h2-6H,1H3,(H,15,16). The van der Waals surface area contributed by atoms with Crippen LogP contribution >= 0.6 is 38.9 Å². The van der Waals surface area contributed by atoms with Crippen LogP contribution in [0.3, 0.4) is 0 Å². The largest absolute Gasteiger partial charge is 0.320 e. The van der Waals surface area contributed by atoms with E-state index in [0.29, 0.717) is 15.6 Å². The molecular weight excluding hydrogens is 322 g/mol. The van der Waals surface area contributed by atoms with Crippen LogP contribution in [0.25, 0.3) is 0 Å². The summed E-state index contributed by atoms with van der Waals surface area (Å²) in [5.74, 6) is -0.150. The number of hydrogen-bond acceptors (Lipinski definition) is 2. The highest BCUT2D eigenvalue weighted by Crippen LogP contribution is 2.28. The molecule has 2 rings (SSSR count). The van der Waals surface area contributed by atoms with Crippen LogP contribution in [0.1, 0.15) is 15.2 Å². The normalized spacial score (nSPS) is 10.3. The molecule has 1 N–H and O–H groups in total. The molecule has 1 aromatic heterocycles. The van der Waals surface area contributed by atoms with E-state index >= 15 is 0 Å². The summed E-state index contributed by atoms with van der Waals surface area (Å²) in [7, 11) is 0. The minimum atomic E-state index is -0.150. The van der Waals surface area contributed by atoms with Gasteiger partial charge in [0.05, 0.1) is 10.7 Å². The number of benzene rings is 1. The third-order valence-corrected chi connectivity index (χ3v) is 4.44. The van der Waals surface area contributed by atoms with Gasteiger partial charge in [0, 0.05) is 4.47 Å². The molecule has 0 bridgehead atoms. The van der Waals surface area contributed by atoms with Crippen LogP contribution in [-0.2, 0) is 0 Å². The van der Waals surface area contributed by atoms with Crippen molar-refractivity contribution in [1.29, 1.82) is 0 Å². The second-order valence-electron chi connectivity index (χ2n) is 3.48. The van der Waals surface area contributed by atoms with E-state index in [-0.39, 0.29) is 5.91 Å². The molecule has 17 heavy (non-hydrogen) atoms. The highest BCUT2D eigenvalue weighted by molar-refractivity contribution is 9.10. The third-order valence-electron chi connectivity index (χ3n) is 2.28. The van der Waals surface area contributed by atoms with Crippen LogP contribution in [0.4, 0.5) is 5.69 Å². The molecule has 2 aromatic rings. The number of amides is 1. The van der Waals surface area contributed by atoms with Gasteiger partial charge in [-0.15, -0.1) is 11.3 Å².